The maximum Gasteiger partial charge on any atom is 0.128 e. The summed E-state index contributed by atoms with van der Waals surface area (Å²) in [4.78, 5) is 8.23. The Kier molecular flexibility index (Phi) is 11.7. The minimum absolute atomic E-state index is 0. The normalized spacial score (nSPS) is 10.1. The van der Waals surface area contributed by atoms with Crippen molar-refractivity contribution in [1.82, 2.24) is 0 Å². The summed E-state index contributed by atoms with van der Waals surface area (Å²) in [6.07, 6.45) is 3.00. The maximum absolute atomic E-state index is 9.57. The van der Waals surface area contributed by atoms with Crippen LogP contribution >= 0.6 is 0 Å². The third-order valence-electron chi connectivity index (χ3n) is 2.85. The van der Waals surface area contributed by atoms with E-state index in [4.69, 9.17) is 10.2 Å². The number of hydrogen-bond donors (Lipinski definition) is 4. The zero-order valence-electron chi connectivity index (χ0n) is 13.0. The number of rotatable bonds is 5. The van der Waals surface area contributed by atoms with Gasteiger partial charge >= 0.3 is 0 Å². The zero-order valence-corrected chi connectivity index (χ0v) is 14.1. The molecule has 25 heavy (non-hydrogen) atoms. The summed E-state index contributed by atoms with van der Waals surface area (Å²) in [6.45, 7) is 0.825. The van der Waals surface area contributed by atoms with Gasteiger partial charge in [-0.1, -0.05) is 0 Å². The predicted octanol–water partition coefficient (Wildman–Crippen LogP) is 0.395. The summed E-state index contributed by atoms with van der Waals surface area (Å²) in [5, 5.41) is 37.5. The van der Waals surface area contributed by atoms with E-state index >= 15 is 0 Å². The van der Waals surface area contributed by atoms with Crippen LogP contribution in [0.5, 0.6) is 23.0 Å². The molecular formula is C16H20CoN2O6. The van der Waals surface area contributed by atoms with Crippen LogP contribution in [0.2, 0.25) is 0 Å². The van der Waals surface area contributed by atoms with Crippen molar-refractivity contribution in [1.29, 1.82) is 0 Å². The second-order valence-electron chi connectivity index (χ2n) is 4.56. The summed E-state index contributed by atoms with van der Waals surface area (Å²) in [5.74, 6) is -0.0940. The molecule has 0 atom stereocenters. The molecule has 0 aliphatic heterocycles. The summed E-state index contributed by atoms with van der Waals surface area (Å²) in [7, 11) is 0. The smallest absolute Gasteiger partial charge is 0.128 e. The Morgan fingerprint density at radius 3 is 1.36 bits per heavy atom. The number of phenolic OH excluding ortho intramolecular Hbond substituents is 4. The number of aliphatic imine (C=N–C) groups is 2. The van der Waals surface area contributed by atoms with Crippen molar-refractivity contribution in [3.05, 3.63) is 47.5 Å². The van der Waals surface area contributed by atoms with Crippen LogP contribution in [-0.2, 0) is 16.8 Å². The van der Waals surface area contributed by atoms with E-state index < -0.39 is 0 Å². The number of aromatic hydroxyl groups is 4. The fourth-order valence-electron chi connectivity index (χ4n) is 1.72. The van der Waals surface area contributed by atoms with Crippen molar-refractivity contribution >= 4 is 12.4 Å². The van der Waals surface area contributed by atoms with Gasteiger partial charge in [0.25, 0.3) is 0 Å². The molecule has 0 spiro atoms. The fourth-order valence-corrected chi connectivity index (χ4v) is 1.72. The first-order valence-electron chi connectivity index (χ1n) is 6.60. The Labute approximate surface area is 154 Å². The van der Waals surface area contributed by atoms with E-state index in [1.807, 2.05) is 0 Å². The first-order chi connectivity index (χ1) is 10.6. The summed E-state index contributed by atoms with van der Waals surface area (Å²) in [6, 6.07) is 8.54. The van der Waals surface area contributed by atoms with Crippen molar-refractivity contribution in [3.63, 3.8) is 0 Å². The van der Waals surface area contributed by atoms with Gasteiger partial charge < -0.3 is 31.4 Å². The topological polar surface area (TPSA) is 169 Å². The molecule has 2 aromatic carbocycles. The number of nitrogens with zero attached hydrogens (tertiary/aromatic N) is 2. The van der Waals surface area contributed by atoms with E-state index in [9.17, 15) is 10.2 Å². The number of phenols is 4. The Morgan fingerprint density at radius 2 is 1.04 bits per heavy atom. The Morgan fingerprint density at radius 1 is 0.680 bits per heavy atom. The Balaban J connectivity index is 0. The molecule has 0 aromatic heterocycles. The average molecular weight is 395 g/mol. The summed E-state index contributed by atoms with van der Waals surface area (Å²) >= 11 is 0. The van der Waals surface area contributed by atoms with Crippen molar-refractivity contribution in [2.75, 3.05) is 13.1 Å². The summed E-state index contributed by atoms with van der Waals surface area (Å²) < 4.78 is 0. The van der Waals surface area contributed by atoms with Crippen molar-refractivity contribution in [3.8, 4) is 23.0 Å². The molecule has 0 amide bonds. The third-order valence-corrected chi connectivity index (χ3v) is 2.85. The predicted molar refractivity (Wildman–Crippen MR) is 91.7 cm³/mol. The molecule has 8 N–H and O–H groups in total. The van der Waals surface area contributed by atoms with Crippen LogP contribution in [0.3, 0.4) is 0 Å². The van der Waals surface area contributed by atoms with Crippen molar-refractivity contribution in [2.45, 2.75) is 0 Å². The van der Waals surface area contributed by atoms with Gasteiger partial charge in [-0.3, -0.25) is 9.98 Å². The molecule has 0 aliphatic carbocycles. The molecule has 1 radical (unpaired) electrons. The minimum atomic E-state index is -0.0405. The van der Waals surface area contributed by atoms with Gasteiger partial charge in [0.15, 0.2) is 0 Å². The average Bonchev–Trinajstić information content (AvgIpc) is 2.46. The van der Waals surface area contributed by atoms with Crippen LogP contribution in [0.1, 0.15) is 11.1 Å². The van der Waals surface area contributed by atoms with Gasteiger partial charge in [-0.05, 0) is 24.3 Å². The molecule has 0 saturated heterocycles. The SMILES string of the molecule is O.O.Oc1ccc(C=NCCN=Cc2ccc(O)cc2O)c(O)c1.[Co]. The molecule has 0 unspecified atom stereocenters. The van der Waals surface area contributed by atoms with E-state index in [2.05, 4.69) is 9.98 Å². The molecule has 139 valence electrons. The molecule has 0 fully saturated rings. The van der Waals surface area contributed by atoms with Crippen LogP contribution < -0.4 is 0 Å². The van der Waals surface area contributed by atoms with Crippen molar-refractivity contribution < 1.29 is 48.2 Å². The van der Waals surface area contributed by atoms with E-state index in [1.165, 1.54) is 36.7 Å². The first-order valence-corrected chi connectivity index (χ1v) is 6.60. The molecule has 8 nitrogen and oxygen atoms in total. The van der Waals surface area contributed by atoms with Crippen LogP contribution in [0.4, 0.5) is 0 Å². The third kappa shape index (κ3) is 7.68. The quantitative estimate of drug-likeness (QED) is 0.425. The van der Waals surface area contributed by atoms with Gasteiger partial charge in [-0.15, -0.1) is 0 Å². The van der Waals surface area contributed by atoms with Gasteiger partial charge in [0.2, 0.25) is 0 Å². The number of hydrogen-bond acceptors (Lipinski definition) is 6. The standard InChI is InChI=1S/C16H16N2O4.Co.2H2O/c19-13-3-1-11(15(21)7-13)9-17-5-6-18-10-12-2-4-14(20)8-16(12)22;;;/h1-4,7-10,19-22H,5-6H2;;2*1H2. The van der Waals surface area contributed by atoms with Crippen LogP contribution in [0.15, 0.2) is 46.4 Å². The van der Waals surface area contributed by atoms with Crippen molar-refractivity contribution in [2.24, 2.45) is 9.98 Å². The monoisotopic (exact) mass is 395 g/mol. The van der Waals surface area contributed by atoms with E-state index in [0.717, 1.165) is 0 Å². The second-order valence-corrected chi connectivity index (χ2v) is 4.56. The fraction of sp³-hybridized carbons (Fsp3) is 0.125. The second kappa shape index (κ2) is 11.9. The number of benzene rings is 2. The summed E-state index contributed by atoms with van der Waals surface area (Å²) in [5.41, 5.74) is 1.02. The van der Waals surface area contributed by atoms with E-state index in [0.29, 0.717) is 24.2 Å². The molecule has 0 aliphatic rings. The van der Waals surface area contributed by atoms with Crippen LogP contribution in [0, 0.1) is 0 Å². The Bertz CT molecular complexity index is 660. The van der Waals surface area contributed by atoms with Gasteiger partial charge in [0, 0.05) is 52.5 Å². The molecule has 0 bridgehead atoms. The van der Waals surface area contributed by atoms with Crippen LogP contribution in [-0.4, -0.2) is 56.9 Å². The zero-order chi connectivity index (χ0) is 15.9. The maximum atomic E-state index is 9.57. The van der Waals surface area contributed by atoms with Gasteiger partial charge in [-0.2, -0.15) is 0 Å². The van der Waals surface area contributed by atoms with Gasteiger partial charge in [-0.25, -0.2) is 0 Å². The van der Waals surface area contributed by atoms with Gasteiger partial charge in [0.1, 0.15) is 23.0 Å². The van der Waals surface area contributed by atoms with E-state index in [-0.39, 0.29) is 50.7 Å². The molecule has 9 heteroatoms. The van der Waals surface area contributed by atoms with E-state index in [1.54, 1.807) is 12.1 Å². The first kappa shape index (κ1) is 24.7. The largest absolute Gasteiger partial charge is 0.508 e. The van der Waals surface area contributed by atoms with Crippen LogP contribution in [0.25, 0.3) is 0 Å². The Hall–Kier alpha value is -2.59. The molecule has 2 rings (SSSR count). The molecule has 0 saturated carbocycles. The molecular weight excluding hydrogens is 375 g/mol. The minimum Gasteiger partial charge on any atom is -0.508 e. The molecule has 2 aromatic rings. The molecule has 0 heterocycles. The van der Waals surface area contributed by atoms with Gasteiger partial charge in [0.05, 0.1) is 13.1 Å².